The molecule has 0 amide bonds. The molecule has 21 heavy (non-hydrogen) atoms. The fraction of sp³-hybridized carbons (Fsp3) is 0.500. The summed E-state index contributed by atoms with van der Waals surface area (Å²) in [5.41, 5.74) is 0.920. The number of likely N-dealkylation sites (tertiary alicyclic amines) is 1. The minimum absolute atomic E-state index is 0.0639. The van der Waals surface area contributed by atoms with Crippen LogP contribution in [0.25, 0.3) is 0 Å². The van der Waals surface area contributed by atoms with E-state index in [0.717, 1.165) is 24.9 Å². The first-order valence-electron chi connectivity index (χ1n) is 6.75. The van der Waals surface area contributed by atoms with E-state index >= 15 is 0 Å². The van der Waals surface area contributed by atoms with E-state index in [9.17, 15) is 14.9 Å². The number of carbonyl (C=O) groups excluding carboxylic acids is 1. The summed E-state index contributed by atoms with van der Waals surface area (Å²) in [7, 11) is 1.40. The van der Waals surface area contributed by atoms with Crippen LogP contribution < -0.4 is 0 Å². The standard InChI is InChI=1S/C14H17BrN2O4/c1-21-14(18)11-5-3-7-16(9-11)8-10-4-2-6-12(13(10)15)17(19)20/h2,4,6,11H,3,5,7-9H2,1H3. The number of esters is 1. The number of halogens is 1. The third-order valence-electron chi connectivity index (χ3n) is 3.69. The maximum absolute atomic E-state index is 11.6. The van der Waals surface area contributed by atoms with Crippen LogP contribution in [0.15, 0.2) is 22.7 Å². The molecule has 114 valence electrons. The van der Waals surface area contributed by atoms with Gasteiger partial charge in [0.25, 0.3) is 5.69 Å². The van der Waals surface area contributed by atoms with Gasteiger partial charge in [0.2, 0.25) is 0 Å². The molecule has 0 saturated carbocycles. The van der Waals surface area contributed by atoms with E-state index in [-0.39, 0.29) is 17.6 Å². The minimum Gasteiger partial charge on any atom is -0.469 e. The van der Waals surface area contributed by atoms with Gasteiger partial charge in [-0.05, 0) is 40.9 Å². The summed E-state index contributed by atoms with van der Waals surface area (Å²) >= 11 is 3.31. The highest BCUT2D eigenvalue weighted by molar-refractivity contribution is 9.10. The first-order valence-corrected chi connectivity index (χ1v) is 7.54. The van der Waals surface area contributed by atoms with Crippen molar-refractivity contribution in [1.82, 2.24) is 4.90 Å². The third kappa shape index (κ3) is 3.79. The third-order valence-corrected chi connectivity index (χ3v) is 4.60. The van der Waals surface area contributed by atoms with Gasteiger partial charge in [-0.2, -0.15) is 0 Å². The Morgan fingerprint density at radius 3 is 3.00 bits per heavy atom. The molecular formula is C14H17BrN2O4. The first kappa shape index (κ1) is 15.9. The van der Waals surface area contributed by atoms with Crippen molar-refractivity contribution in [2.45, 2.75) is 19.4 Å². The molecular weight excluding hydrogens is 340 g/mol. The normalized spacial score (nSPS) is 19.2. The van der Waals surface area contributed by atoms with Crippen LogP contribution in [0.4, 0.5) is 5.69 Å². The second-order valence-electron chi connectivity index (χ2n) is 5.10. The van der Waals surface area contributed by atoms with Crippen molar-refractivity contribution in [2.24, 2.45) is 5.92 Å². The predicted molar refractivity (Wildman–Crippen MR) is 80.8 cm³/mol. The molecule has 6 nitrogen and oxygen atoms in total. The van der Waals surface area contributed by atoms with E-state index in [1.54, 1.807) is 6.07 Å². The van der Waals surface area contributed by atoms with Crippen molar-refractivity contribution in [3.8, 4) is 0 Å². The number of nitrogens with zero attached hydrogens (tertiary/aromatic N) is 2. The lowest BCUT2D eigenvalue weighted by Crippen LogP contribution is -2.38. The Bertz CT molecular complexity index is 550. The van der Waals surface area contributed by atoms with Crippen molar-refractivity contribution in [3.63, 3.8) is 0 Å². The van der Waals surface area contributed by atoms with E-state index < -0.39 is 4.92 Å². The van der Waals surface area contributed by atoms with Gasteiger partial charge in [0.15, 0.2) is 0 Å². The second kappa shape index (κ2) is 7.00. The summed E-state index contributed by atoms with van der Waals surface area (Å²) in [6.45, 7) is 2.08. The lowest BCUT2D eigenvalue weighted by Gasteiger charge is -2.31. The monoisotopic (exact) mass is 356 g/mol. The zero-order valence-electron chi connectivity index (χ0n) is 11.8. The van der Waals surface area contributed by atoms with Gasteiger partial charge in [-0.3, -0.25) is 19.8 Å². The van der Waals surface area contributed by atoms with Gasteiger partial charge in [0, 0.05) is 19.2 Å². The Morgan fingerprint density at radius 2 is 2.33 bits per heavy atom. The molecule has 1 aliphatic heterocycles. The molecule has 1 aromatic rings. The average Bonchev–Trinajstić information content (AvgIpc) is 2.48. The maximum Gasteiger partial charge on any atom is 0.309 e. The Balaban J connectivity index is 2.09. The fourth-order valence-corrected chi connectivity index (χ4v) is 3.16. The van der Waals surface area contributed by atoms with Crippen molar-refractivity contribution in [1.29, 1.82) is 0 Å². The van der Waals surface area contributed by atoms with Gasteiger partial charge >= 0.3 is 5.97 Å². The maximum atomic E-state index is 11.6. The number of nitro groups is 1. The van der Waals surface area contributed by atoms with Crippen LogP contribution in [0, 0.1) is 16.0 Å². The summed E-state index contributed by atoms with van der Waals surface area (Å²) in [4.78, 5) is 24.3. The van der Waals surface area contributed by atoms with Crippen LogP contribution in [0.2, 0.25) is 0 Å². The van der Waals surface area contributed by atoms with Crippen LogP contribution in [-0.4, -0.2) is 36.0 Å². The van der Waals surface area contributed by atoms with Crippen molar-refractivity contribution < 1.29 is 14.5 Å². The van der Waals surface area contributed by atoms with E-state index in [1.807, 2.05) is 6.07 Å². The highest BCUT2D eigenvalue weighted by Crippen LogP contribution is 2.30. The molecule has 1 aromatic carbocycles. The van der Waals surface area contributed by atoms with Gasteiger partial charge in [-0.15, -0.1) is 0 Å². The summed E-state index contributed by atoms with van der Waals surface area (Å²) in [5.74, 6) is -0.293. The Hall–Kier alpha value is -1.47. The summed E-state index contributed by atoms with van der Waals surface area (Å²) < 4.78 is 5.31. The van der Waals surface area contributed by atoms with Crippen LogP contribution in [0.1, 0.15) is 18.4 Å². The van der Waals surface area contributed by atoms with E-state index in [4.69, 9.17) is 4.74 Å². The van der Waals surface area contributed by atoms with Crippen LogP contribution in [-0.2, 0) is 16.1 Å². The molecule has 7 heteroatoms. The predicted octanol–water partition coefficient (Wildman–Crippen LogP) is 2.74. The van der Waals surface area contributed by atoms with Crippen molar-refractivity contribution in [3.05, 3.63) is 38.3 Å². The zero-order valence-corrected chi connectivity index (χ0v) is 13.3. The lowest BCUT2D eigenvalue weighted by atomic mass is 9.98. The van der Waals surface area contributed by atoms with Gasteiger partial charge in [-0.1, -0.05) is 12.1 Å². The molecule has 0 radical (unpaired) electrons. The van der Waals surface area contributed by atoms with Crippen LogP contribution in [0.5, 0.6) is 0 Å². The summed E-state index contributed by atoms with van der Waals surface area (Å²) in [6, 6.07) is 5.01. The van der Waals surface area contributed by atoms with E-state index in [1.165, 1.54) is 13.2 Å². The van der Waals surface area contributed by atoms with Gasteiger partial charge in [0.05, 0.1) is 22.4 Å². The molecule has 2 rings (SSSR count). The molecule has 0 N–H and O–H groups in total. The van der Waals surface area contributed by atoms with E-state index in [2.05, 4.69) is 20.8 Å². The number of carbonyl (C=O) groups is 1. The molecule has 1 saturated heterocycles. The highest BCUT2D eigenvalue weighted by Gasteiger charge is 2.27. The quantitative estimate of drug-likeness (QED) is 0.471. The van der Waals surface area contributed by atoms with E-state index in [0.29, 0.717) is 17.6 Å². The molecule has 1 unspecified atom stereocenters. The molecule has 0 aliphatic carbocycles. The highest BCUT2D eigenvalue weighted by atomic mass is 79.9. The number of ether oxygens (including phenoxy) is 1. The van der Waals surface area contributed by atoms with Crippen LogP contribution in [0.3, 0.4) is 0 Å². The molecule has 1 aliphatic rings. The number of hydrogen-bond donors (Lipinski definition) is 0. The van der Waals surface area contributed by atoms with Crippen molar-refractivity contribution >= 4 is 27.6 Å². The molecule has 0 bridgehead atoms. The molecule has 1 fully saturated rings. The first-order chi connectivity index (χ1) is 10.0. The topological polar surface area (TPSA) is 72.7 Å². The lowest BCUT2D eigenvalue weighted by molar-refractivity contribution is -0.385. The summed E-state index contributed by atoms with van der Waals surface area (Å²) in [5, 5.41) is 10.9. The Kier molecular flexibility index (Phi) is 5.30. The molecule has 1 atom stereocenters. The summed E-state index contributed by atoms with van der Waals surface area (Å²) in [6.07, 6.45) is 1.76. The Labute approximate surface area is 131 Å². The SMILES string of the molecule is COC(=O)C1CCCN(Cc2cccc([N+](=O)[O-])c2Br)C1. The fourth-order valence-electron chi connectivity index (χ4n) is 2.63. The van der Waals surface area contributed by atoms with Gasteiger partial charge in [-0.25, -0.2) is 0 Å². The largest absolute Gasteiger partial charge is 0.469 e. The molecule has 1 heterocycles. The smallest absolute Gasteiger partial charge is 0.309 e. The van der Waals surface area contributed by atoms with Crippen molar-refractivity contribution in [2.75, 3.05) is 20.2 Å². The minimum atomic E-state index is -0.402. The number of nitro benzene ring substituents is 1. The van der Waals surface area contributed by atoms with Crippen LogP contribution >= 0.6 is 15.9 Å². The molecule has 0 aromatic heterocycles. The van der Waals surface area contributed by atoms with Gasteiger partial charge < -0.3 is 4.74 Å². The van der Waals surface area contributed by atoms with Gasteiger partial charge in [0.1, 0.15) is 0 Å². The number of benzene rings is 1. The number of methoxy groups -OCH3 is 1. The Morgan fingerprint density at radius 1 is 1.57 bits per heavy atom. The number of rotatable bonds is 4. The molecule has 0 spiro atoms. The average molecular weight is 357 g/mol. The number of hydrogen-bond acceptors (Lipinski definition) is 5. The second-order valence-corrected chi connectivity index (χ2v) is 5.90. The zero-order chi connectivity index (χ0) is 15.4. The number of piperidine rings is 1.